The van der Waals surface area contributed by atoms with Crippen LogP contribution in [0.1, 0.15) is 11.1 Å². The molecule has 1 aromatic heterocycles. The van der Waals surface area contributed by atoms with Gasteiger partial charge >= 0.3 is 0 Å². The van der Waals surface area contributed by atoms with Gasteiger partial charge in [0.05, 0.1) is 0 Å². The van der Waals surface area contributed by atoms with Gasteiger partial charge in [-0.25, -0.2) is 0 Å². The lowest BCUT2D eigenvalue weighted by Crippen LogP contribution is -1.91. The molecule has 0 atom stereocenters. The summed E-state index contributed by atoms with van der Waals surface area (Å²) in [4.78, 5) is 5.34. The molecule has 0 amide bonds. The minimum atomic E-state index is 0.858. The Morgan fingerprint density at radius 2 is 2.12 bits per heavy atom. The van der Waals surface area contributed by atoms with Crippen LogP contribution in [0.2, 0.25) is 0 Å². The van der Waals surface area contributed by atoms with Crippen LogP contribution in [0.25, 0.3) is 0 Å². The van der Waals surface area contributed by atoms with E-state index in [0.29, 0.717) is 0 Å². The average Bonchev–Trinajstić information content (AvgIpc) is 2.32. The Bertz CT molecular complexity index is 469. The number of hydrogen-bond acceptors (Lipinski definition) is 3. The van der Waals surface area contributed by atoms with Crippen molar-refractivity contribution in [1.29, 1.82) is 0 Å². The molecule has 0 saturated carbocycles. The standard InChI is InChI=1S/C13H14N2S/c1-10-12(14)5-2-6-13(10)16-9-11-4-3-7-15-8-11/h2-8H,9,14H2,1H3. The highest BCUT2D eigenvalue weighted by atomic mass is 32.2. The van der Waals surface area contributed by atoms with E-state index in [2.05, 4.69) is 24.0 Å². The summed E-state index contributed by atoms with van der Waals surface area (Å²) in [5, 5.41) is 0. The van der Waals surface area contributed by atoms with Crippen LogP contribution in [0.15, 0.2) is 47.6 Å². The van der Waals surface area contributed by atoms with E-state index in [9.17, 15) is 0 Å². The smallest absolute Gasteiger partial charge is 0.0354 e. The third-order valence-electron chi connectivity index (χ3n) is 2.44. The first-order chi connectivity index (χ1) is 7.77. The first kappa shape index (κ1) is 11.0. The van der Waals surface area contributed by atoms with Crippen molar-refractivity contribution in [3.8, 4) is 0 Å². The fraction of sp³-hybridized carbons (Fsp3) is 0.154. The van der Waals surface area contributed by atoms with Crippen LogP contribution in [0.4, 0.5) is 5.69 Å². The highest BCUT2D eigenvalue weighted by molar-refractivity contribution is 7.98. The number of nitrogen functional groups attached to an aromatic ring is 1. The van der Waals surface area contributed by atoms with E-state index >= 15 is 0 Å². The van der Waals surface area contributed by atoms with Crippen LogP contribution < -0.4 is 5.73 Å². The molecule has 0 radical (unpaired) electrons. The van der Waals surface area contributed by atoms with E-state index in [1.165, 1.54) is 10.5 Å². The maximum atomic E-state index is 5.86. The van der Waals surface area contributed by atoms with E-state index in [-0.39, 0.29) is 0 Å². The number of nitrogens with zero attached hydrogens (tertiary/aromatic N) is 1. The topological polar surface area (TPSA) is 38.9 Å². The highest BCUT2D eigenvalue weighted by Gasteiger charge is 2.02. The molecule has 2 rings (SSSR count). The second-order valence-corrected chi connectivity index (χ2v) is 4.64. The summed E-state index contributed by atoms with van der Waals surface area (Å²) in [6.07, 6.45) is 3.69. The SMILES string of the molecule is Cc1c(N)cccc1SCc1cccnc1. The maximum Gasteiger partial charge on any atom is 0.0354 e. The van der Waals surface area contributed by atoms with E-state index in [1.807, 2.05) is 24.4 Å². The van der Waals surface area contributed by atoms with Gasteiger partial charge in [-0.2, -0.15) is 0 Å². The Morgan fingerprint density at radius 3 is 2.88 bits per heavy atom. The monoisotopic (exact) mass is 230 g/mol. The number of anilines is 1. The molecular weight excluding hydrogens is 216 g/mol. The highest BCUT2D eigenvalue weighted by Crippen LogP contribution is 2.28. The van der Waals surface area contributed by atoms with Crippen molar-refractivity contribution < 1.29 is 0 Å². The second-order valence-electron chi connectivity index (χ2n) is 3.62. The van der Waals surface area contributed by atoms with Crippen molar-refractivity contribution in [3.05, 3.63) is 53.9 Å². The van der Waals surface area contributed by atoms with Gasteiger partial charge in [0, 0.05) is 28.7 Å². The number of nitrogens with two attached hydrogens (primary N) is 1. The van der Waals surface area contributed by atoms with E-state index in [4.69, 9.17) is 5.73 Å². The molecule has 1 aromatic carbocycles. The summed E-state index contributed by atoms with van der Waals surface area (Å²) in [5.41, 5.74) is 9.12. The summed E-state index contributed by atoms with van der Waals surface area (Å²) in [6.45, 7) is 2.06. The Balaban J connectivity index is 2.08. The van der Waals surface area contributed by atoms with Crippen LogP contribution in [-0.4, -0.2) is 4.98 Å². The average molecular weight is 230 g/mol. The zero-order valence-corrected chi connectivity index (χ0v) is 10.00. The van der Waals surface area contributed by atoms with Gasteiger partial charge in [-0.1, -0.05) is 12.1 Å². The molecule has 0 saturated heterocycles. The first-order valence-electron chi connectivity index (χ1n) is 5.14. The van der Waals surface area contributed by atoms with Gasteiger partial charge in [0.1, 0.15) is 0 Å². The molecule has 0 aliphatic carbocycles. The van der Waals surface area contributed by atoms with Gasteiger partial charge in [-0.15, -0.1) is 11.8 Å². The van der Waals surface area contributed by atoms with E-state index in [0.717, 1.165) is 17.0 Å². The minimum absolute atomic E-state index is 0.858. The maximum absolute atomic E-state index is 5.86. The number of rotatable bonds is 3. The minimum Gasteiger partial charge on any atom is -0.398 e. The molecule has 2 nitrogen and oxygen atoms in total. The third-order valence-corrected chi connectivity index (χ3v) is 3.67. The second kappa shape index (κ2) is 5.03. The van der Waals surface area contributed by atoms with Crippen molar-refractivity contribution in [2.24, 2.45) is 0 Å². The van der Waals surface area contributed by atoms with E-state index in [1.54, 1.807) is 18.0 Å². The molecule has 3 heteroatoms. The zero-order chi connectivity index (χ0) is 11.4. The lowest BCUT2D eigenvalue weighted by atomic mass is 10.2. The van der Waals surface area contributed by atoms with Gasteiger partial charge in [0.25, 0.3) is 0 Å². The third kappa shape index (κ3) is 2.55. The lowest BCUT2D eigenvalue weighted by Gasteiger charge is -2.07. The Kier molecular flexibility index (Phi) is 3.47. The number of pyridine rings is 1. The molecule has 2 aromatic rings. The molecule has 82 valence electrons. The van der Waals surface area contributed by atoms with Crippen molar-refractivity contribution >= 4 is 17.4 Å². The van der Waals surface area contributed by atoms with Crippen LogP contribution >= 0.6 is 11.8 Å². The summed E-state index contributed by atoms with van der Waals surface area (Å²) < 4.78 is 0. The Labute approximate surface area is 99.9 Å². The lowest BCUT2D eigenvalue weighted by molar-refractivity contribution is 1.24. The molecule has 0 unspecified atom stereocenters. The van der Waals surface area contributed by atoms with Crippen LogP contribution in [-0.2, 0) is 5.75 Å². The van der Waals surface area contributed by atoms with E-state index < -0.39 is 0 Å². The van der Waals surface area contributed by atoms with Gasteiger partial charge < -0.3 is 5.73 Å². The number of thioether (sulfide) groups is 1. The molecule has 1 heterocycles. The fourth-order valence-electron chi connectivity index (χ4n) is 1.43. The fourth-order valence-corrected chi connectivity index (χ4v) is 2.43. The molecule has 2 N–H and O–H groups in total. The first-order valence-corrected chi connectivity index (χ1v) is 6.13. The van der Waals surface area contributed by atoms with Crippen molar-refractivity contribution in [2.75, 3.05) is 5.73 Å². The number of benzene rings is 1. The summed E-state index contributed by atoms with van der Waals surface area (Å²) in [6, 6.07) is 10.1. The predicted molar refractivity (Wildman–Crippen MR) is 69.4 cm³/mol. The molecule has 0 fully saturated rings. The quantitative estimate of drug-likeness (QED) is 0.649. The van der Waals surface area contributed by atoms with Gasteiger partial charge in [0.15, 0.2) is 0 Å². The Morgan fingerprint density at radius 1 is 1.25 bits per heavy atom. The normalized spacial score (nSPS) is 10.3. The van der Waals surface area contributed by atoms with Gasteiger partial charge in [0.2, 0.25) is 0 Å². The largest absolute Gasteiger partial charge is 0.398 e. The van der Waals surface area contributed by atoms with Crippen molar-refractivity contribution in [2.45, 2.75) is 17.6 Å². The van der Waals surface area contributed by atoms with Gasteiger partial charge in [-0.05, 0) is 36.2 Å². The number of hydrogen-bond donors (Lipinski definition) is 1. The molecular formula is C13H14N2S. The van der Waals surface area contributed by atoms with Crippen molar-refractivity contribution in [3.63, 3.8) is 0 Å². The molecule has 0 aliphatic rings. The summed E-state index contributed by atoms with van der Waals surface area (Å²) in [7, 11) is 0. The summed E-state index contributed by atoms with van der Waals surface area (Å²) in [5.74, 6) is 0.929. The summed E-state index contributed by atoms with van der Waals surface area (Å²) >= 11 is 1.79. The van der Waals surface area contributed by atoms with Gasteiger partial charge in [-0.3, -0.25) is 4.98 Å². The molecule has 16 heavy (non-hydrogen) atoms. The number of aromatic nitrogens is 1. The predicted octanol–water partition coefficient (Wildman–Crippen LogP) is 3.26. The Hall–Kier alpha value is -1.48. The van der Waals surface area contributed by atoms with Crippen LogP contribution in [0.5, 0.6) is 0 Å². The molecule has 0 aliphatic heterocycles. The zero-order valence-electron chi connectivity index (χ0n) is 9.18. The van der Waals surface area contributed by atoms with Crippen LogP contribution in [0, 0.1) is 6.92 Å². The van der Waals surface area contributed by atoms with Crippen molar-refractivity contribution in [1.82, 2.24) is 4.98 Å². The molecule has 0 bridgehead atoms. The molecule has 0 spiro atoms. The van der Waals surface area contributed by atoms with Crippen LogP contribution in [0.3, 0.4) is 0 Å².